The average molecular weight is 530 g/mol. The van der Waals surface area contributed by atoms with Crippen LogP contribution in [0.4, 0.5) is 0 Å². The third-order valence-corrected chi connectivity index (χ3v) is 6.91. The van der Waals surface area contributed by atoms with E-state index in [1.165, 1.54) is 11.3 Å². The molecule has 0 saturated heterocycles. The van der Waals surface area contributed by atoms with E-state index >= 15 is 0 Å². The van der Waals surface area contributed by atoms with Gasteiger partial charge < -0.3 is 10.4 Å². The smallest absolute Gasteiger partial charge is 0.305 e. The molecule has 0 spiro atoms. The molecule has 4 rings (SSSR count). The van der Waals surface area contributed by atoms with E-state index in [1.807, 2.05) is 66.2 Å². The van der Waals surface area contributed by atoms with Gasteiger partial charge in [-0.1, -0.05) is 61.0 Å². The van der Waals surface area contributed by atoms with Crippen molar-refractivity contribution in [2.24, 2.45) is 0 Å². The van der Waals surface area contributed by atoms with E-state index in [2.05, 4.69) is 5.32 Å². The van der Waals surface area contributed by atoms with Crippen molar-refractivity contribution in [3.05, 3.63) is 86.5 Å². The molecule has 182 valence electrons. The number of nitrogens with one attached hydrogen (secondary N) is 1. The molecule has 1 atom stereocenters. The van der Waals surface area contributed by atoms with E-state index in [1.54, 1.807) is 12.1 Å². The summed E-state index contributed by atoms with van der Waals surface area (Å²) in [4.78, 5) is 24.5. The molecule has 9 heteroatoms. The standard InChI is InChI=1S/C25H21Cl2N3O3S.CH4/c1-15(22-7-8-23(34-22)25(33)28-10-9-24(31)32)30-21(16-5-3-2-4-6-16)14-20(29-30)17-11-18(26)13-19(27)12-17;/h2-8,11-15H,9-10H2,1H3,(H,28,33)(H,31,32);1H4. The molecule has 0 aliphatic carbocycles. The number of amides is 1. The lowest BCUT2D eigenvalue weighted by atomic mass is 10.1. The van der Waals surface area contributed by atoms with Crippen molar-refractivity contribution in [3.63, 3.8) is 0 Å². The van der Waals surface area contributed by atoms with Crippen molar-refractivity contribution in [1.29, 1.82) is 0 Å². The summed E-state index contributed by atoms with van der Waals surface area (Å²) in [7, 11) is 0. The molecule has 0 aliphatic rings. The molecule has 2 aromatic heterocycles. The molecule has 4 aromatic rings. The summed E-state index contributed by atoms with van der Waals surface area (Å²) < 4.78 is 1.93. The molecule has 0 bridgehead atoms. The molecular formula is C26H25Cl2N3O3S. The first-order valence-corrected chi connectivity index (χ1v) is 12.1. The number of benzene rings is 2. The van der Waals surface area contributed by atoms with Gasteiger partial charge in [-0.3, -0.25) is 14.3 Å². The Bertz CT molecular complexity index is 1310. The quantitative estimate of drug-likeness (QED) is 0.256. The van der Waals surface area contributed by atoms with Gasteiger partial charge >= 0.3 is 5.97 Å². The highest BCUT2D eigenvalue weighted by molar-refractivity contribution is 7.14. The number of aliphatic carboxylic acids is 1. The molecule has 0 aliphatic heterocycles. The Morgan fingerprint density at radius 1 is 1.03 bits per heavy atom. The monoisotopic (exact) mass is 529 g/mol. The summed E-state index contributed by atoms with van der Waals surface area (Å²) in [6.07, 6.45) is -0.121. The first kappa shape index (κ1) is 26.5. The van der Waals surface area contributed by atoms with Gasteiger partial charge in [-0.25, -0.2) is 0 Å². The maximum atomic E-state index is 12.4. The number of nitrogens with zero attached hydrogens (tertiary/aromatic N) is 2. The van der Waals surface area contributed by atoms with Crippen LogP contribution < -0.4 is 5.32 Å². The maximum Gasteiger partial charge on any atom is 0.305 e. The number of carbonyl (C=O) groups is 2. The van der Waals surface area contributed by atoms with Gasteiger partial charge in [-0.2, -0.15) is 5.10 Å². The van der Waals surface area contributed by atoms with E-state index in [0.717, 1.165) is 27.4 Å². The lowest BCUT2D eigenvalue weighted by Gasteiger charge is -2.14. The second-order valence-corrected chi connectivity index (χ2v) is 9.65. The van der Waals surface area contributed by atoms with Crippen molar-refractivity contribution in [3.8, 4) is 22.5 Å². The van der Waals surface area contributed by atoms with Crippen LogP contribution >= 0.6 is 34.5 Å². The fourth-order valence-corrected chi connectivity index (χ4v) is 5.03. The Hall–Kier alpha value is -3.13. The third-order valence-electron chi connectivity index (χ3n) is 5.22. The van der Waals surface area contributed by atoms with Gasteiger partial charge in [0.05, 0.1) is 28.7 Å². The number of carbonyl (C=O) groups excluding carboxylic acids is 1. The van der Waals surface area contributed by atoms with Crippen LogP contribution in [0.2, 0.25) is 10.0 Å². The normalized spacial score (nSPS) is 11.5. The Kier molecular flexibility index (Phi) is 8.72. The number of thiophene rings is 1. The molecule has 35 heavy (non-hydrogen) atoms. The van der Waals surface area contributed by atoms with Crippen molar-refractivity contribution in [2.75, 3.05) is 6.54 Å². The number of aromatic nitrogens is 2. The molecule has 1 unspecified atom stereocenters. The van der Waals surface area contributed by atoms with Crippen LogP contribution in [0.25, 0.3) is 22.5 Å². The minimum Gasteiger partial charge on any atom is -0.481 e. The summed E-state index contributed by atoms with van der Waals surface area (Å²) in [5.41, 5.74) is 3.47. The first-order chi connectivity index (χ1) is 16.3. The van der Waals surface area contributed by atoms with Crippen molar-refractivity contribution < 1.29 is 14.7 Å². The largest absolute Gasteiger partial charge is 0.481 e. The molecule has 0 fully saturated rings. The fraction of sp³-hybridized carbons (Fsp3) is 0.192. The molecular weight excluding hydrogens is 505 g/mol. The molecule has 0 saturated carbocycles. The number of carboxylic acids is 1. The van der Waals surface area contributed by atoms with E-state index in [0.29, 0.717) is 14.9 Å². The Morgan fingerprint density at radius 3 is 2.37 bits per heavy atom. The molecule has 2 heterocycles. The summed E-state index contributed by atoms with van der Waals surface area (Å²) >= 11 is 13.8. The average Bonchev–Trinajstić information content (AvgIpc) is 3.46. The van der Waals surface area contributed by atoms with Crippen LogP contribution in [0.3, 0.4) is 0 Å². The van der Waals surface area contributed by atoms with Gasteiger partial charge in [0.15, 0.2) is 0 Å². The summed E-state index contributed by atoms with van der Waals surface area (Å²) in [5, 5.41) is 17.3. The maximum absolute atomic E-state index is 12.4. The molecule has 2 N–H and O–H groups in total. The second kappa shape index (κ2) is 11.5. The van der Waals surface area contributed by atoms with Crippen LogP contribution in [0.1, 0.15) is 41.4 Å². The van der Waals surface area contributed by atoms with Gasteiger partial charge in [-0.05, 0) is 48.9 Å². The summed E-state index contributed by atoms with van der Waals surface area (Å²) in [5.74, 6) is -1.24. The highest BCUT2D eigenvalue weighted by atomic mass is 35.5. The van der Waals surface area contributed by atoms with E-state index in [4.69, 9.17) is 33.4 Å². The second-order valence-electron chi connectivity index (χ2n) is 7.66. The van der Waals surface area contributed by atoms with Crippen LogP contribution in [0.15, 0.2) is 66.7 Å². The Balaban J connectivity index is 0.00000342. The molecule has 0 radical (unpaired) electrons. The number of rotatable bonds is 8. The Labute approximate surface area is 218 Å². The highest BCUT2D eigenvalue weighted by Gasteiger charge is 2.20. The number of hydrogen-bond acceptors (Lipinski definition) is 4. The molecule has 2 aromatic carbocycles. The number of halogens is 2. The lowest BCUT2D eigenvalue weighted by Crippen LogP contribution is -2.25. The van der Waals surface area contributed by atoms with Gasteiger partial charge in [-0.15, -0.1) is 11.3 Å². The van der Waals surface area contributed by atoms with E-state index < -0.39 is 5.97 Å². The number of carboxylic acid groups (broad SMARTS) is 1. The van der Waals surface area contributed by atoms with Crippen LogP contribution in [-0.2, 0) is 4.79 Å². The first-order valence-electron chi connectivity index (χ1n) is 10.5. The van der Waals surface area contributed by atoms with Crippen LogP contribution in [0.5, 0.6) is 0 Å². The highest BCUT2D eigenvalue weighted by Crippen LogP contribution is 2.34. The lowest BCUT2D eigenvalue weighted by molar-refractivity contribution is -0.136. The van der Waals surface area contributed by atoms with Gasteiger partial charge in [0.1, 0.15) is 0 Å². The predicted octanol–water partition coefficient (Wildman–Crippen LogP) is 7.04. The minimum atomic E-state index is -0.954. The van der Waals surface area contributed by atoms with Gasteiger partial charge in [0.25, 0.3) is 5.91 Å². The van der Waals surface area contributed by atoms with Crippen molar-refractivity contribution in [2.45, 2.75) is 26.8 Å². The SMILES string of the molecule is C.CC(c1ccc(C(=O)NCCC(=O)O)s1)n1nc(-c2cc(Cl)cc(Cl)c2)cc1-c1ccccc1. The summed E-state index contributed by atoms with van der Waals surface area (Å²) in [6.45, 7) is 2.10. The Morgan fingerprint density at radius 2 is 1.71 bits per heavy atom. The molecule has 6 nitrogen and oxygen atoms in total. The zero-order valence-electron chi connectivity index (χ0n) is 18.2. The van der Waals surface area contributed by atoms with Gasteiger partial charge in [0, 0.05) is 27.0 Å². The van der Waals surface area contributed by atoms with E-state index in [9.17, 15) is 9.59 Å². The fourth-order valence-electron chi connectivity index (χ4n) is 3.55. The van der Waals surface area contributed by atoms with Gasteiger partial charge in [0.2, 0.25) is 0 Å². The predicted molar refractivity (Wildman–Crippen MR) is 143 cm³/mol. The topological polar surface area (TPSA) is 84.2 Å². The zero-order valence-corrected chi connectivity index (χ0v) is 20.5. The van der Waals surface area contributed by atoms with Crippen molar-refractivity contribution in [1.82, 2.24) is 15.1 Å². The minimum absolute atomic E-state index is 0. The van der Waals surface area contributed by atoms with Crippen LogP contribution in [0, 0.1) is 0 Å². The molecule has 1 amide bonds. The number of hydrogen-bond donors (Lipinski definition) is 2. The zero-order chi connectivity index (χ0) is 24.2. The summed E-state index contributed by atoms with van der Waals surface area (Å²) in [6, 6.07) is 20.7. The van der Waals surface area contributed by atoms with Crippen LogP contribution in [-0.4, -0.2) is 33.3 Å². The van der Waals surface area contributed by atoms with Crippen molar-refractivity contribution >= 4 is 46.4 Å². The van der Waals surface area contributed by atoms with E-state index in [-0.39, 0.29) is 32.3 Å². The third kappa shape index (κ3) is 6.31.